The van der Waals surface area contributed by atoms with Crippen molar-refractivity contribution in [2.75, 3.05) is 11.9 Å². The van der Waals surface area contributed by atoms with Gasteiger partial charge in [-0.25, -0.2) is 0 Å². The van der Waals surface area contributed by atoms with Gasteiger partial charge in [0.15, 0.2) is 0 Å². The molecule has 0 radical (unpaired) electrons. The molecule has 39 heavy (non-hydrogen) atoms. The summed E-state index contributed by atoms with van der Waals surface area (Å²) >= 11 is 0. The van der Waals surface area contributed by atoms with Gasteiger partial charge in [-0.15, -0.1) is 0 Å². The highest BCUT2D eigenvalue weighted by atomic mass is 16.5. The Hall–Kier alpha value is -3.65. The second-order valence-corrected chi connectivity index (χ2v) is 11.0. The number of para-hydroxylation sites is 1. The first kappa shape index (κ1) is 25.6. The van der Waals surface area contributed by atoms with Crippen molar-refractivity contribution in [2.24, 2.45) is 11.8 Å². The van der Waals surface area contributed by atoms with E-state index in [0.717, 1.165) is 31.4 Å². The van der Waals surface area contributed by atoms with Crippen LogP contribution in [0.5, 0.6) is 11.5 Å². The van der Waals surface area contributed by atoms with Gasteiger partial charge in [-0.2, -0.15) is 0 Å². The minimum absolute atomic E-state index is 0.121. The number of carbonyl (C=O) groups is 3. The van der Waals surface area contributed by atoms with E-state index >= 15 is 0 Å². The van der Waals surface area contributed by atoms with Crippen molar-refractivity contribution in [3.8, 4) is 11.5 Å². The predicted molar refractivity (Wildman–Crippen MR) is 146 cm³/mol. The van der Waals surface area contributed by atoms with E-state index in [4.69, 9.17) is 9.47 Å². The van der Waals surface area contributed by atoms with Crippen molar-refractivity contribution < 1.29 is 23.9 Å². The molecule has 3 fully saturated rings. The summed E-state index contributed by atoms with van der Waals surface area (Å²) in [5, 5.41) is 6.17. The third-order valence-electron chi connectivity index (χ3n) is 8.44. The molecule has 2 N–H and O–H groups in total. The van der Waals surface area contributed by atoms with Gasteiger partial charge in [-0.3, -0.25) is 14.4 Å². The van der Waals surface area contributed by atoms with Crippen LogP contribution in [0.2, 0.25) is 0 Å². The largest absolute Gasteiger partial charge is 0.457 e. The number of carbonyl (C=O) groups excluding carboxylic acids is 3. The number of likely N-dealkylation sites (tertiary alicyclic amines) is 1. The van der Waals surface area contributed by atoms with E-state index in [-0.39, 0.29) is 23.8 Å². The Bertz CT molecular complexity index is 1260. The van der Waals surface area contributed by atoms with E-state index < -0.39 is 29.6 Å². The molecule has 8 nitrogen and oxygen atoms in total. The molecule has 8 heteroatoms. The van der Waals surface area contributed by atoms with Gasteiger partial charge in [0, 0.05) is 18.3 Å². The van der Waals surface area contributed by atoms with Gasteiger partial charge in [0.25, 0.3) is 0 Å². The molecule has 2 aromatic rings. The van der Waals surface area contributed by atoms with Crippen LogP contribution in [-0.4, -0.2) is 53.0 Å². The lowest BCUT2D eigenvalue weighted by Crippen LogP contribution is -2.56. The highest BCUT2D eigenvalue weighted by Gasteiger charge is 2.72. The Morgan fingerprint density at radius 2 is 1.72 bits per heavy atom. The lowest BCUT2D eigenvalue weighted by molar-refractivity contribution is -0.141. The number of fused-ring (bicyclic) bond motifs is 1. The van der Waals surface area contributed by atoms with E-state index in [2.05, 4.69) is 10.6 Å². The Morgan fingerprint density at radius 1 is 1.00 bits per heavy atom. The van der Waals surface area contributed by atoms with Crippen molar-refractivity contribution in [2.45, 2.75) is 69.2 Å². The monoisotopic (exact) mass is 529 g/mol. The summed E-state index contributed by atoms with van der Waals surface area (Å²) in [6.07, 6.45) is 9.17. The molecular formula is C31H35N3O5. The van der Waals surface area contributed by atoms with E-state index in [1.54, 1.807) is 29.2 Å². The van der Waals surface area contributed by atoms with Crippen molar-refractivity contribution >= 4 is 23.4 Å². The van der Waals surface area contributed by atoms with Crippen molar-refractivity contribution in [1.82, 2.24) is 10.2 Å². The Balaban J connectivity index is 1.19. The maximum atomic E-state index is 13.8. The average molecular weight is 530 g/mol. The third kappa shape index (κ3) is 4.61. The number of nitrogens with one attached hydrogen (secondary N) is 2. The maximum absolute atomic E-state index is 13.8. The molecule has 1 saturated carbocycles. The predicted octanol–water partition coefficient (Wildman–Crippen LogP) is 4.43. The summed E-state index contributed by atoms with van der Waals surface area (Å²) in [4.78, 5) is 42.7. The van der Waals surface area contributed by atoms with Crippen LogP contribution in [0.1, 0.15) is 45.4 Å². The standard InChI is InChI=1S/C31H35N3O5/c1-2-19-34-27(29(36)33-20-9-5-3-6-10-20)31-18-17-24(39-31)25(26(31)30(34)37)28(35)32-21-13-15-23(16-14-21)38-22-11-7-4-8-12-22/h4,7-8,11-18,20,24-27H,2-3,5-6,9-10,19H2,1H3,(H,32,35)(H,33,36)/t24-,25?,26-,27?,31?/m1/s1. The van der Waals surface area contributed by atoms with Crippen molar-refractivity contribution in [3.63, 3.8) is 0 Å². The molecule has 3 aliphatic heterocycles. The molecule has 2 aromatic carbocycles. The highest BCUT2D eigenvalue weighted by Crippen LogP contribution is 2.55. The van der Waals surface area contributed by atoms with Crippen LogP contribution in [0.3, 0.4) is 0 Å². The van der Waals surface area contributed by atoms with Gasteiger partial charge in [-0.1, -0.05) is 56.5 Å². The molecule has 1 spiro atoms. The summed E-state index contributed by atoms with van der Waals surface area (Å²) in [7, 11) is 0. The summed E-state index contributed by atoms with van der Waals surface area (Å²) < 4.78 is 12.2. The molecule has 204 valence electrons. The second kappa shape index (κ2) is 10.5. The zero-order chi connectivity index (χ0) is 27.0. The SMILES string of the molecule is CCCN1C(=O)[C@H]2C(C(=O)Nc3ccc(Oc4ccccc4)cc3)[C@H]3C=CC2(O3)C1C(=O)NC1CCCCC1. The second-order valence-electron chi connectivity index (χ2n) is 11.0. The van der Waals surface area contributed by atoms with Crippen LogP contribution in [0.15, 0.2) is 66.7 Å². The van der Waals surface area contributed by atoms with Crippen LogP contribution in [0, 0.1) is 11.8 Å². The first-order valence-corrected chi connectivity index (χ1v) is 14.1. The maximum Gasteiger partial charge on any atom is 0.246 e. The minimum Gasteiger partial charge on any atom is -0.457 e. The lowest BCUT2D eigenvalue weighted by atomic mass is 9.74. The number of amides is 3. The number of hydrogen-bond donors (Lipinski definition) is 2. The fraction of sp³-hybridized carbons (Fsp3) is 0.452. The van der Waals surface area contributed by atoms with Gasteiger partial charge in [0.1, 0.15) is 23.1 Å². The van der Waals surface area contributed by atoms with Crippen LogP contribution in [0.25, 0.3) is 0 Å². The lowest BCUT2D eigenvalue weighted by Gasteiger charge is -2.34. The minimum atomic E-state index is -1.12. The summed E-state index contributed by atoms with van der Waals surface area (Å²) in [6.45, 7) is 2.43. The molecule has 6 rings (SSSR count). The molecule has 5 atom stereocenters. The molecule has 4 aliphatic rings. The van der Waals surface area contributed by atoms with Crippen molar-refractivity contribution in [1.29, 1.82) is 0 Å². The molecule has 2 bridgehead atoms. The number of rotatable bonds is 8. The van der Waals surface area contributed by atoms with Gasteiger partial charge < -0.3 is 25.0 Å². The first-order valence-electron chi connectivity index (χ1n) is 14.1. The summed E-state index contributed by atoms with van der Waals surface area (Å²) in [5.41, 5.74) is -0.519. The van der Waals surface area contributed by atoms with Crippen LogP contribution in [0.4, 0.5) is 5.69 Å². The summed E-state index contributed by atoms with van der Waals surface area (Å²) in [5.74, 6) is -0.713. The molecule has 1 aliphatic carbocycles. The van der Waals surface area contributed by atoms with Gasteiger partial charge in [0.2, 0.25) is 17.7 Å². The number of ether oxygens (including phenoxy) is 2. The Morgan fingerprint density at radius 3 is 2.44 bits per heavy atom. The third-order valence-corrected chi connectivity index (χ3v) is 8.44. The van der Waals surface area contributed by atoms with Crippen LogP contribution < -0.4 is 15.4 Å². The molecule has 2 saturated heterocycles. The smallest absolute Gasteiger partial charge is 0.246 e. The molecule has 3 heterocycles. The molecular weight excluding hydrogens is 494 g/mol. The molecule has 3 unspecified atom stereocenters. The molecule has 3 amide bonds. The average Bonchev–Trinajstić information content (AvgIpc) is 3.59. The summed E-state index contributed by atoms with van der Waals surface area (Å²) in [6, 6.07) is 15.9. The number of benzene rings is 2. The Labute approximate surface area is 228 Å². The zero-order valence-electron chi connectivity index (χ0n) is 22.2. The quantitative estimate of drug-likeness (QED) is 0.494. The van der Waals surface area contributed by atoms with Gasteiger partial charge >= 0.3 is 0 Å². The van der Waals surface area contributed by atoms with Gasteiger partial charge in [0.05, 0.1) is 17.9 Å². The van der Waals surface area contributed by atoms with Crippen molar-refractivity contribution in [3.05, 3.63) is 66.7 Å². The van der Waals surface area contributed by atoms with E-state index in [0.29, 0.717) is 24.4 Å². The van der Waals surface area contributed by atoms with E-state index in [1.165, 1.54) is 6.42 Å². The zero-order valence-corrected chi connectivity index (χ0v) is 22.2. The normalized spacial score (nSPS) is 29.4. The number of anilines is 1. The highest BCUT2D eigenvalue weighted by molar-refractivity contribution is 6.02. The van der Waals surface area contributed by atoms with E-state index in [1.807, 2.05) is 49.4 Å². The topological polar surface area (TPSA) is 97.0 Å². The number of nitrogens with zero attached hydrogens (tertiary/aromatic N) is 1. The first-order chi connectivity index (χ1) is 19.0. The van der Waals surface area contributed by atoms with E-state index in [9.17, 15) is 14.4 Å². The molecule has 0 aromatic heterocycles. The fourth-order valence-corrected chi connectivity index (χ4v) is 6.73. The fourth-order valence-electron chi connectivity index (χ4n) is 6.73. The number of hydrogen-bond acceptors (Lipinski definition) is 5. The van der Waals surface area contributed by atoms with Crippen LogP contribution >= 0.6 is 0 Å². The van der Waals surface area contributed by atoms with Gasteiger partial charge in [-0.05, 0) is 55.7 Å². The van der Waals surface area contributed by atoms with Crippen LogP contribution in [-0.2, 0) is 19.1 Å². The Kier molecular flexibility index (Phi) is 6.89.